The lowest BCUT2D eigenvalue weighted by atomic mass is 9.75. The summed E-state index contributed by atoms with van der Waals surface area (Å²) in [5, 5.41) is 16.7. The number of hydrogen-bond donors (Lipinski definition) is 3. The Balaban J connectivity index is 1.44. The van der Waals surface area contributed by atoms with Crippen molar-refractivity contribution in [3.8, 4) is 11.5 Å². The Bertz CT molecular complexity index is 1270. The van der Waals surface area contributed by atoms with Gasteiger partial charge in [0.05, 0.1) is 24.5 Å². The Hall–Kier alpha value is -3.43. The molecule has 0 unspecified atom stereocenters. The van der Waals surface area contributed by atoms with E-state index in [1.165, 1.54) is 4.90 Å². The molecule has 6 rings (SSSR count). The number of aliphatic hydroxyl groups excluding tert-OH is 1. The van der Waals surface area contributed by atoms with Crippen molar-refractivity contribution in [3.05, 3.63) is 52.6 Å². The Morgan fingerprint density at radius 1 is 1.12 bits per heavy atom. The van der Waals surface area contributed by atoms with Gasteiger partial charge in [-0.3, -0.25) is 24.6 Å². The summed E-state index contributed by atoms with van der Waals surface area (Å²) in [5.74, 6) is -1.84. The number of benzene rings is 2. The molecule has 0 aromatic heterocycles. The molecule has 0 bridgehead atoms. The summed E-state index contributed by atoms with van der Waals surface area (Å²) in [4.78, 5) is 42.2. The number of ether oxygens (including phenoxy) is 2. The summed E-state index contributed by atoms with van der Waals surface area (Å²) >= 11 is 0. The zero-order chi connectivity index (χ0) is 23.9. The van der Waals surface area contributed by atoms with Gasteiger partial charge in [0, 0.05) is 17.3 Å². The van der Waals surface area contributed by atoms with Crippen LogP contribution in [0.3, 0.4) is 0 Å². The third-order valence-corrected chi connectivity index (χ3v) is 7.49. The Labute approximate surface area is 196 Å². The molecule has 34 heavy (non-hydrogen) atoms. The summed E-state index contributed by atoms with van der Waals surface area (Å²) < 4.78 is 10.8. The normalized spacial score (nSPS) is 29.6. The molecule has 176 valence electrons. The maximum Gasteiger partial charge on any atom is 0.250 e. The van der Waals surface area contributed by atoms with Crippen LogP contribution in [0.25, 0.3) is 0 Å². The number of rotatable bonds is 3. The van der Waals surface area contributed by atoms with Gasteiger partial charge >= 0.3 is 0 Å². The van der Waals surface area contributed by atoms with Gasteiger partial charge in [-0.25, -0.2) is 0 Å². The van der Waals surface area contributed by atoms with E-state index in [1.54, 1.807) is 25.1 Å². The predicted molar refractivity (Wildman–Crippen MR) is 120 cm³/mol. The highest BCUT2D eigenvalue weighted by atomic mass is 16.7. The van der Waals surface area contributed by atoms with Crippen molar-refractivity contribution in [3.63, 3.8) is 0 Å². The van der Waals surface area contributed by atoms with Crippen LogP contribution in [0.4, 0.5) is 5.69 Å². The van der Waals surface area contributed by atoms with Crippen molar-refractivity contribution in [1.82, 2.24) is 10.2 Å². The summed E-state index contributed by atoms with van der Waals surface area (Å²) in [6.07, 6.45) is -0.947. The highest BCUT2D eigenvalue weighted by molar-refractivity contribution is 6.15. The van der Waals surface area contributed by atoms with E-state index in [9.17, 15) is 19.5 Å². The number of likely N-dealkylation sites (tertiary alicyclic amines) is 1. The zero-order valence-corrected chi connectivity index (χ0v) is 19.0. The largest absolute Gasteiger partial charge is 0.454 e. The highest BCUT2D eigenvalue weighted by Gasteiger charge is 2.71. The summed E-state index contributed by atoms with van der Waals surface area (Å²) in [7, 11) is 0. The van der Waals surface area contributed by atoms with Gasteiger partial charge in [0.2, 0.25) is 24.5 Å². The molecule has 1 spiro atoms. The van der Waals surface area contributed by atoms with E-state index in [2.05, 4.69) is 10.6 Å². The van der Waals surface area contributed by atoms with E-state index in [0.717, 1.165) is 11.1 Å². The lowest BCUT2D eigenvalue weighted by Gasteiger charge is -2.30. The first-order valence-electron chi connectivity index (χ1n) is 11.3. The maximum atomic E-state index is 13.8. The molecule has 0 saturated carbocycles. The van der Waals surface area contributed by atoms with Gasteiger partial charge in [0.15, 0.2) is 11.5 Å². The van der Waals surface area contributed by atoms with Crippen molar-refractivity contribution >= 4 is 23.4 Å². The number of aryl methyl sites for hydroxylation is 2. The average Bonchev–Trinajstić information content (AvgIpc) is 3.51. The topological polar surface area (TPSA) is 117 Å². The van der Waals surface area contributed by atoms with Crippen molar-refractivity contribution in [1.29, 1.82) is 0 Å². The molecular formula is C25H25N3O6. The molecule has 4 aliphatic heterocycles. The minimum atomic E-state index is -1.42. The van der Waals surface area contributed by atoms with Crippen LogP contribution in [0, 0.1) is 25.7 Å². The predicted octanol–water partition coefficient (Wildman–Crippen LogP) is 1.33. The fourth-order valence-corrected chi connectivity index (χ4v) is 6.04. The standard InChI is InChI=1S/C25H25N3O6/c1-11-6-12(2)20-15(7-11)25(24(32)26-20)19-18(21(27-25)13(3)29)22(30)28(23(19)31)9-14-4-5-16-17(8-14)34-10-33-16/h4-8,13,18-19,21,27,29H,9-10H2,1-3H3,(H,26,32)/t13-,18-,19-,21+,25+/m0/s1. The quantitative estimate of drug-likeness (QED) is 0.588. The molecule has 4 heterocycles. The van der Waals surface area contributed by atoms with Crippen LogP contribution < -0.4 is 20.1 Å². The molecule has 2 aromatic rings. The summed E-state index contributed by atoms with van der Waals surface area (Å²) in [6, 6.07) is 8.38. The van der Waals surface area contributed by atoms with Gasteiger partial charge in [-0.2, -0.15) is 0 Å². The molecule has 2 saturated heterocycles. The van der Waals surface area contributed by atoms with Gasteiger partial charge in [-0.1, -0.05) is 23.8 Å². The first-order valence-corrected chi connectivity index (χ1v) is 11.3. The van der Waals surface area contributed by atoms with Crippen molar-refractivity contribution in [2.75, 3.05) is 12.1 Å². The number of hydrogen-bond acceptors (Lipinski definition) is 7. The third kappa shape index (κ3) is 2.65. The number of aliphatic hydroxyl groups is 1. The van der Waals surface area contributed by atoms with E-state index < -0.39 is 41.3 Å². The maximum absolute atomic E-state index is 13.8. The van der Waals surface area contributed by atoms with Crippen LogP contribution >= 0.6 is 0 Å². The number of anilines is 1. The number of carbonyl (C=O) groups is 3. The van der Waals surface area contributed by atoms with Crippen LogP contribution in [0.1, 0.15) is 29.2 Å². The summed E-state index contributed by atoms with van der Waals surface area (Å²) in [6.45, 7) is 5.57. The van der Waals surface area contributed by atoms with Gasteiger partial charge in [0.1, 0.15) is 5.54 Å². The van der Waals surface area contributed by atoms with Crippen LogP contribution in [-0.2, 0) is 26.5 Å². The molecule has 5 atom stereocenters. The summed E-state index contributed by atoms with van der Waals surface area (Å²) in [5.41, 5.74) is 2.42. The minimum Gasteiger partial charge on any atom is -0.454 e. The highest BCUT2D eigenvalue weighted by Crippen LogP contribution is 2.54. The van der Waals surface area contributed by atoms with Crippen molar-refractivity contribution in [2.24, 2.45) is 11.8 Å². The van der Waals surface area contributed by atoms with Crippen LogP contribution in [0.5, 0.6) is 11.5 Å². The number of nitrogens with one attached hydrogen (secondary N) is 2. The molecule has 3 N–H and O–H groups in total. The van der Waals surface area contributed by atoms with Gasteiger partial charge in [-0.15, -0.1) is 0 Å². The fourth-order valence-electron chi connectivity index (χ4n) is 6.04. The third-order valence-electron chi connectivity index (χ3n) is 7.49. The fraction of sp³-hybridized carbons (Fsp3) is 0.400. The van der Waals surface area contributed by atoms with E-state index in [0.29, 0.717) is 28.3 Å². The molecule has 0 aliphatic carbocycles. The number of amides is 3. The van der Waals surface area contributed by atoms with Crippen LogP contribution in [0.2, 0.25) is 0 Å². The van der Waals surface area contributed by atoms with Crippen molar-refractivity contribution in [2.45, 2.75) is 45.0 Å². The van der Waals surface area contributed by atoms with Gasteiger partial charge in [-0.05, 0) is 44.0 Å². The molecule has 9 nitrogen and oxygen atoms in total. The van der Waals surface area contributed by atoms with E-state index >= 15 is 0 Å². The second-order valence-corrected chi connectivity index (χ2v) is 9.63. The van der Waals surface area contributed by atoms with Gasteiger partial charge < -0.3 is 19.9 Å². The Morgan fingerprint density at radius 3 is 2.65 bits per heavy atom. The SMILES string of the molecule is Cc1cc(C)c2c(c1)[C@]1(N[C@H]([C@H](C)O)[C@H]3C(=O)N(Cc4ccc5c(c4)OCO5)C(=O)[C@H]31)C(=O)N2. The molecule has 4 aliphatic rings. The van der Waals surface area contributed by atoms with E-state index in [-0.39, 0.29) is 19.2 Å². The molecule has 9 heteroatoms. The first-order chi connectivity index (χ1) is 16.2. The van der Waals surface area contributed by atoms with Gasteiger partial charge in [0.25, 0.3) is 0 Å². The number of imide groups is 1. The second kappa shape index (κ2) is 7.04. The minimum absolute atomic E-state index is 0.0469. The second-order valence-electron chi connectivity index (χ2n) is 9.63. The molecular weight excluding hydrogens is 438 g/mol. The molecule has 0 radical (unpaired) electrons. The zero-order valence-electron chi connectivity index (χ0n) is 19.0. The average molecular weight is 463 g/mol. The Kier molecular flexibility index (Phi) is 4.37. The van der Waals surface area contributed by atoms with Crippen molar-refractivity contribution < 1.29 is 29.0 Å². The lowest BCUT2D eigenvalue weighted by Crippen LogP contribution is -2.54. The van der Waals surface area contributed by atoms with E-state index in [4.69, 9.17) is 9.47 Å². The number of fused-ring (bicyclic) bond motifs is 5. The number of nitrogens with zero attached hydrogens (tertiary/aromatic N) is 1. The molecule has 3 amide bonds. The van der Waals surface area contributed by atoms with E-state index in [1.807, 2.05) is 26.0 Å². The lowest BCUT2D eigenvalue weighted by molar-refractivity contribution is -0.143. The molecule has 2 fully saturated rings. The molecule has 2 aromatic carbocycles. The van der Waals surface area contributed by atoms with Crippen LogP contribution in [-0.4, -0.2) is 46.7 Å². The monoisotopic (exact) mass is 463 g/mol. The first kappa shape index (κ1) is 21.1. The Morgan fingerprint density at radius 2 is 1.88 bits per heavy atom. The number of carbonyl (C=O) groups excluding carboxylic acids is 3. The smallest absolute Gasteiger partial charge is 0.250 e. The van der Waals surface area contributed by atoms with Crippen LogP contribution in [0.15, 0.2) is 30.3 Å².